The van der Waals surface area contributed by atoms with Crippen molar-refractivity contribution in [2.75, 3.05) is 14.2 Å². The predicted octanol–water partition coefficient (Wildman–Crippen LogP) is 2.29. The number of ether oxygens (including phenoxy) is 3. The van der Waals surface area contributed by atoms with Crippen LogP contribution in [0.25, 0.3) is 10.6 Å². The molecule has 0 saturated heterocycles. The molecule has 0 bridgehead atoms. The third kappa shape index (κ3) is 5.69. The Balaban J connectivity index is 1.54. The molecule has 0 aliphatic heterocycles. The number of aromatic nitrogens is 1. The minimum absolute atomic E-state index is 0.0876. The molecule has 9 nitrogen and oxygen atoms in total. The number of esters is 1. The van der Waals surface area contributed by atoms with Gasteiger partial charge in [0.2, 0.25) is 0 Å². The second-order valence-electron chi connectivity index (χ2n) is 6.76. The summed E-state index contributed by atoms with van der Waals surface area (Å²) in [6.07, 6.45) is 0.637. The lowest BCUT2D eigenvalue weighted by Crippen LogP contribution is -2.45. The first kappa shape index (κ1) is 21.6. The highest BCUT2D eigenvalue weighted by molar-refractivity contribution is 7.13. The zero-order valence-corrected chi connectivity index (χ0v) is 17.7. The fraction of sp³-hybridized carbons (Fsp3) is 0.400. The molecule has 160 valence electrons. The molecule has 10 heteroatoms. The van der Waals surface area contributed by atoms with Crippen molar-refractivity contribution in [3.05, 3.63) is 29.3 Å². The lowest BCUT2D eigenvalue weighted by atomic mass is 10.2. The van der Waals surface area contributed by atoms with Crippen molar-refractivity contribution < 1.29 is 28.6 Å². The molecule has 3 rings (SSSR count). The van der Waals surface area contributed by atoms with Gasteiger partial charge in [-0.2, -0.15) is 0 Å². The normalized spacial score (nSPS) is 13.8. The number of imide groups is 1. The van der Waals surface area contributed by atoms with Crippen LogP contribution in [-0.2, 0) is 20.7 Å². The van der Waals surface area contributed by atoms with Crippen molar-refractivity contribution in [2.45, 2.75) is 38.3 Å². The number of hydrogen-bond acceptors (Lipinski definition) is 8. The van der Waals surface area contributed by atoms with E-state index in [1.165, 1.54) is 18.3 Å². The van der Waals surface area contributed by atoms with Gasteiger partial charge in [-0.05, 0) is 38.0 Å². The van der Waals surface area contributed by atoms with E-state index in [1.54, 1.807) is 31.7 Å². The van der Waals surface area contributed by atoms with Crippen molar-refractivity contribution in [3.63, 3.8) is 0 Å². The third-order valence-corrected chi connectivity index (χ3v) is 5.27. The number of nitrogens with zero attached hydrogens (tertiary/aromatic N) is 1. The Labute approximate surface area is 177 Å². The summed E-state index contributed by atoms with van der Waals surface area (Å²) in [6.45, 7) is 1.41. The Morgan fingerprint density at radius 1 is 1.20 bits per heavy atom. The summed E-state index contributed by atoms with van der Waals surface area (Å²) in [5.41, 5.74) is 1.35. The smallest absolute Gasteiger partial charge is 0.321 e. The van der Waals surface area contributed by atoms with E-state index in [4.69, 9.17) is 14.2 Å². The minimum Gasteiger partial charge on any atom is -0.493 e. The Morgan fingerprint density at radius 2 is 1.93 bits per heavy atom. The number of nitrogens with one attached hydrogen (secondary N) is 2. The number of rotatable bonds is 8. The van der Waals surface area contributed by atoms with Crippen LogP contribution in [0.4, 0.5) is 4.79 Å². The SMILES string of the molecule is COc1ccc(-c2nc(CC(=O)OC(C)C(=O)NC(=O)NC3CC3)cs2)cc1OC. The number of urea groups is 1. The van der Waals surface area contributed by atoms with Gasteiger partial charge in [0, 0.05) is 17.0 Å². The van der Waals surface area contributed by atoms with Crippen LogP contribution in [-0.4, -0.2) is 49.3 Å². The van der Waals surface area contributed by atoms with E-state index in [-0.39, 0.29) is 12.5 Å². The van der Waals surface area contributed by atoms with E-state index >= 15 is 0 Å². The molecule has 1 heterocycles. The number of hydrogen-bond donors (Lipinski definition) is 2. The van der Waals surface area contributed by atoms with Crippen LogP contribution in [0, 0.1) is 0 Å². The fourth-order valence-electron chi connectivity index (χ4n) is 2.59. The van der Waals surface area contributed by atoms with Gasteiger partial charge in [0.1, 0.15) is 5.01 Å². The molecule has 1 fully saturated rings. The average Bonchev–Trinajstić information content (AvgIpc) is 3.41. The van der Waals surface area contributed by atoms with Gasteiger partial charge in [-0.1, -0.05) is 0 Å². The zero-order chi connectivity index (χ0) is 21.7. The van der Waals surface area contributed by atoms with Gasteiger partial charge in [-0.3, -0.25) is 14.9 Å². The van der Waals surface area contributed by atoms with Gasteiger partial charge in [-0.25, -0.2) is 9.78 Å². The molecule has 1 unspecified atom stereocenters. The van der Waals surface area contributed by atoms with Crippen LogP contribution < -0.4 is 20.1 Å². The molecule has 30 heavy (non-hydrogen) atoms. The van der Waals surface area contributed by atoms with Gasteiger partial charge in [0.25, 0.3) is 5.91 Å². The van der Waals surface area contributed by atoms with Gasteiger partial charge >= 0.3 is 12.0 Å². The highest BCUT2D eigenvalue weighted by Crippen LogP contribution is 2.33. The monoisotopic (exact) mass is 433 g/mol. The number of amides is 3. The van der Waals surface area contributed by atoms with E-state index in [9.17, 15) is 14.4 Å². The van der Waals surface area contributed by atoms with Crippen LogP contribution in [0.15, 0.2) is 23.6 Å². The Kier molecular flexibility index (Phi) is 6.88. The topological polar surface area (TPSA) is 116 Å². The van der Waals surface area contributed by atoms with Crippen molar-refractivity contribution in [2.24, 2.45) is 0 Å². The molecule has 1 aromatic heterocycles. The average molecular weight is 433 g/mol. The molecule has 0 spiro atoms. The highest BCUT2D eigenvalue weighted by Gasteiger charge is 2.26. The van der Waals surface area contributed by atoms with E-state index in [0.717, 1.165) is 18.4 Å². The maximum atomic E-state index is 12.2. The van der Waals surface area contributed by atoms with Crippen LogP contribution in [0.5, 0.6) is 11.5 Å². The van der Waals surface area contributed by atoms with Crippen LogP contribution in [0.3, 0.4) is 0 Å². The van der Waals surface area contributed by atoms with Crippen molar-refractivity contribution in [1.29, 1.82) is 0 Å². The summed E-state index contributed by atoms with van der Waals surface area (Å²) in [4.78, 5) is 40.2. The summed E-state index contributed by atoms with van der Waals surface area (Å²) in [7, 11) is 3.11. The third-order valence-electron chi connectivity index (χ3n) is 4.33. The summed E-state index contributed by atoms with van der Waals surface area (Å²) in [6, 6.07) is 4.98. The highest BCUT2D eigenvalue weighted by atomic mass is 32.1. The summed E-state index contributed by atoms with van der Waals surface area (Å²) in [5.74, 6) is -0.0911. The second-order valence-corrected chi connectivity index (χ2v) is 7.62. The Morgan fingerprint density at radius 3 is 2.60 bits per heavy atom. The molecule has 1 aliphatic rings. The molecule has 0 radical (unpaired) electrons. The van der Waals surface area contributed by atoms with Gasteiger partial charge in [0.15, 0.2) is 17.6 Å². The van der Waals surface area contributed by atoms with Crippen LogP contribution in [0.2, 0.25) is 0 Å². The van der Waals surface area contributed by atoms with Crippen molar-refractivity contribution in [3.8, 4) is 22.1 Å². The van der Waals surface area contributed by atoms with Crippen LogP contribution in [0.1, 0.15) is 25.5 Å². The zero-order valence-electron chi connectivity index (χ0n) is 16.9. The van der Waals surface area contributed by atoms with E-state index in [1.807, 2.05) is 6.07 Å². The minimum atomic E-state index is -1.09. The molecular weight excluding hydrogens is 410 g/mol. The molecule has 2 aromatic rings. The molecule has 2 N–H and O–H groups in total. The first-order valence-electron chi connectivity index (χ1n) is 9.37. The molecule has 1 atom stereocenters. The Hall–Kier alpha value is -3.14. The lowest BCUT2D eigenvalue weighted by molar-refractivity contribution is -0.153. The predicted molar refractivity (Wildman–Crippen MR) is 110 cm³/mol. The number of benzene rings is 1. The maximum absolute atomic E-state index is 12.2. The maximum Gasteiger partial charge on any atom is 0.321 e. The van der Waals surface area contributed by atoms with E-state index < -0.39 is 24.0 Å². The van der Waals surface area contributed by atoms with Crippen molar-refractivity contribution in [1.82, 2.24) is 15.6 Å². The standard InChI is InChI=1S/C20H23N3O6S/c1-11(18(25)23-20(26)22-13-5-6-13)29-17(24)9-14-10-30-19(21-14)12-4-7-15(27-2)16(8-12)28-3/h4,7-8,10-11,13H,5-6,9H2,1-3H3,(H2,22,23,25,26). The first-order chi connectivity index (χ1) is 14.4. The van der Waals surface area contributed by atoms with Crippen molar-refractivity contribution >= 4 is 29.2 Å². The largest absolute Gasteiger partial charge is 0.493 e. The molecule has 1 aromatic carbocycles. The number of thiazole rings is 1. The summed E-state index contributed by atoms with van der Waals surface area (Å²) < 4.78 is 15.6. The van der Waals surface area contributed by atoms with Gasteiger partial charge in [-0.15, -0.1) is 11.3 Å². The van der Waals surface area contributed by atoms with Gasteiger partial charge in [0.05, 0.1) is 26.3 Å². The van der Waals surface area contributed by atoms with E-state index in [0.29, 0.717) is 22.2 Å². The number of carbonyl (C=O) groups excluding carboxylic acids is 3. The quantitative estimate of drug-likeness (QED) is 0.614. The molecule has 3 amide bonds. The van der Waals surface area contributed by atoms with Crippen LogP contribution >= 0.6 is 11.3 Å². The lowest BCUT2D eigenvalue weighted by Gasteiger charge is -2.12. The van der Waals surface area contributed by atoms with E-state index in [2.05, 4.69) is 15.6 Å². The molecular formula is C20H23N3O6S. The summed E-state index contributed by atoms with van der Waals surface area (Å²) >= 11 is 1.37. The molecule has 1 saturated carbocycles. The number of methoxy groups -OCH3 is 2. The Bertz CT molecular complexity index is 940. The second kappa shape index (κ2) is 9.57. The first-order valence-corrected chi connectivity index (χ1v) is 10.2. The number of carbonyl (C=O) groups is 3. The van der Waals surface area contributed by atoms with Gasteiger partial charge < -0.3 is 19.5 Å². The molecule has 1 aliphatic carbocycles. The summed E-state index contributed by atoms with van der Waals surface area (Å²) in [5, 5.41) is 7.25. The fourth-order valence-corrected chi connectivity index (χ4v) is 3.41.